The van der Waals surface area contributed by atoms with Crippen molar-refractivity contribution in [1.82, 2.24) is 15.3 Å². The van der Waals surface area contributed by atoms with Crippen LogP contribution in [-0.4, -0.2) is 28.6 Å². The van der Waals surface area contributed by atoms with Gasteiger partial charge in [0.25, 0.3) is 5.91 Å². The van der Waals surface area contributed by atoms with Gasteiger partial charge in [0.2, 0.25) is 0 Å². The van der Waals surface area contributed by atoms with Crippen LogP contribution < -0.4 is 14.8 Å². The lowest BCUT2D eigenvalue weighted by atomic mass is 10.2. The fourth-order valence-corrected chi connectivity index (χ4v) is 2.47. The summed E-state index contributed by atoms with van der Waals surface area (Å²) in [5.74, 6) is 1.80. The summed E-state index contributed by atoms with van der Waals surface area (Å²) >= 11 is 0. The molecule has 1 amide bonds. The number of carbonyl (C=O) groups excluding carboxylic acids is 1. The number of hydrogen-bond acceptors (Lipinski definition) is 5. The highest BCUT2D eigenvalue weighted by molar-refractivity contribution is 5.80. The van der Waals surface area contributed by atoms with E-state index >= 15 is 0 Å². The van der Waals surface area contributed by atoms with Gasteiger partial charge in [-0.2, -0.15) is 0 Å². The van der Waals surface area contributed by atoms with E-state index in [4.69, 9.17) is 9.47 Å². The molecule has 1 heterocycles. The molecule has 0 bridgehead atoms. The molecule has 1 aromatic heterocycles. The lowest BCUT2D eigenvalue weighted by molar-refractivity contribution is -0.127. The minimum absolute atomic E-state index is 0.180. The molecule has 1 fully saturated rings. The van der Waals surface area contributed by atoms with E-state index in [9.17, 15) is 4.79 Å². The molecule has 132 valence electrons. The molecule has 0 aliphatic heterocycles. The Balaban J connectivity index is 1.49. The van der Waals surface area contributed by atoms with Crippen LogP contribution in [-0.2, 0) is 11.3 Å². The molecule has 6 heteroatoms. The zero-order valence-electron chi connectivity index (χ0n) is 14.6. The molecule has 0 radical (unpaired) electrons. The van der Waals surface area contributed by atoms with Crippen LogP contribution in [0.5, 0.6) is 11.5 Å². The van der Waals surface area contributed by atoms with Crippen molar-refractivity contribution in [2.75, 3.05) is 6.61 Å². The molecular formula is C19H23N3O3. The molecule has 25 heavy (non-hydrogen) atoms. The molecule has 0 spiro atoms. The Bertz CT molecular complexity index is 714. The Morgan fingerprint density at radius 3 is 2.64 bits per heavy atom. The molecular weight excluding hydrogens is 318 g/mol. The number of amides is 1. The van der Waals surface area contributed by atoms with Crippen molar-refractivity contribution in [3.8, 4) is 11.5 Å². The van der Waals surface area contributed by atoms with E-state index < -0.39 is 6.10 Å². The van der Waals surface area contributed by atoms with Crippen LogP contribution in [0.2, 0.25) is 0 Å². The normalized spacial score (nSPS) is 14.6. The number of hydrogen-bond donors (Lipinski definition) is 1. The maximum Gasteiger partial charge on any atom is 0.261 e. The molecule has 1 unspecified atom stereocenters. The van der Waals surface area contributed by atoms with Crippen molar-refractivity contribution in [3.63, 3.8) is 0 Å². The van der Waals surface area contributed by atoms with Gasteiger partial charge in [-0.15, -0.1) is 0 Å². The van der Waals surface area contributed by atoms with Crippen LogP contribution in [0.15, 0.2) is 36.7 Å². The van der Waals surface area contributed by atoms with Crippen LogP contribution in [0.3, 0.4) is 0 Å². The summed E-state index contributed by atoms with van der Waals surface area (Å²) in [7, 11) is 0. The molecule has 6 nitrogen and oxygen atoms in total. The zero-order chi connectivity index (χ0) is 17.6. The first kappa shape index (κ1) is 17.2. The summed E-state index contributed by atoms with van der Waals surface area (Å²) < 4.78 is 11.1. The molecule has 0 saturated heterocycles. The highest BCUT2D eigenvalue weighted by Crippen LogP contribution is 2.38. The van der Waals surface area contributed by atoms with Crippen LogP contribution >= 0.6 is 0 Å². The third-order valence-corrected chi connectivity index (χ3v) is 4.00. The molecule has 1 atom stereocenters. The smallest absolute Gasteiger partial charge is 0.261 e. The predicted octanol–water partition coefficient (Wildman–Crippen LogP) is 2.84. The molecule has 2 aromatic rings. The van der Waals surface area contributed by atoms with Crippen molar-refractivity contribution in [1.29, 1.82) is 0 Å². The van der Waals surface area contributed by atoms with Gasteiger partial charge in [0, 0.05) is 11.6 Å². The lowest BCUT2D eigenvalue weighted by Crippen LogP contribution is -2.36. The van der Waals surface area contributed by atoms with E-state index in [1.807, 2.05) is 25.1 Å². The van der Waals surface area contributed by atoms with Gasteiger partial charge in [-0.25, -0.2) is 9.97 Å². The monoisotopic (exact) mass is 341 g/mol. The number of carbonyl (C=O) groups is 1. The number of ether oxygens (including phenoxy) is 2. The van der Waals surface area contributed by atoms with Gasteiger partial charge in [0.1, 0.15) is 17.8 Å². The summed E-state index contributed by atoms with van der Waals surface area (Å²) in [5, 5.41) is 2.86. The second-order valence-corrected chi connectivity index (χ2v) is 6.09. The summed E-state index contributed by atoms with van der Waals surface area (Å²) in [6, 6.07) is 9.20. The van der Waals surface area contributed by atoms with Crippen LogP contribution in [0, 0.1) is 0 Å². The Kier molecular flexibility index (Phi) is 5.48. The third kappa shape index (κ3) is 4.92. The number of benzene rings is 1. The Labute approximate surface area is 147 Å². The highest BCUT2D eigenvalue weighted by Gasteiger charge is 2.25. The van der Waals surface area contributed by atoms with E-state index in [1.165, 1.54) is 12.8 Å². The molecule has 1 saturated carbocycles. The topological polar surface area (TPSA) is 73.3 Å². The number of nitrogens with one attached hydrogen (secondary N) is 1. The standard InChI is InChI=1S/C19H23N3O3/c1-3-24-16-6-8-17(9-7-16)25-13(2)19(23)20-11-15-10-18(14-4-5-14)22-12-21-15/h6-10,12-14H,3-5,11H2,1-2H3,(H,20,23). The van der Waals surface area contributed by atoms with E-state index in [0.29, 0.717) is 24.8 Å². The van der Waals surface area contributed by atoms with Crippen LogP contribution in [0.4, 0.5) is 0 Å². The van der Waals surface area contributed by atoms with Crippen molar-refractivity contribution in [2.45, 2.75) is 45.3 Å². The van der Waals surface area contributed by atoms with Crippen LogP contribution in [0.25, 0.3) is 0 Å². The van der Waals surface area contributed by atoms with Crippen molar-refractivity contribution < 1.29 is 14.3 Å². The van der Waals surface area contributed by atoms with Gasteiger partial charge in [0.05, 0.1) is 18.8 Å². The van der Waals surface area contributed by atoms with Gasteiger partial charge in [-0.3, -0.25) is 4.79 Å². The maximum absolute atomic E-state index is 12.2. The first-order chi connectivity index (χ1) is 12.2. The number of aromatic nitrogens is 2. The van der Waals surface area contributed by atoms with Crippen molar-refractivity contribution in [2.24, 2.45) is 0 Å². The van der Waals surface area contributed by atoms with Crippen LogP contribution in [0.1, 0.15) is 44.0 Å². The third-order valence-electron chi connectivity index (χ3n) is 4.00. The summed E-state index contributed by atoms with van der Waals surface area (Å²) in [6.45, 7) is 4.64. The average molecular weight is 341 g/mol. The Morgan fingerprint density at radius 2 is 1.96 bits per heavy atom. The minimum atomic E-state index is -0.595. The second-order valence-electron chi connectivity index (χ2n) is 6.09. The number of nitrogens with zero attached hydrogens (tertiary/aromatic N) is 2. The summed E-state index contributed by atoms with van der Waals surface area (Å²) in [6.07, 6.45) is 3.35. The quantitative estimate of drug-likeness (QED) is 0.799. The minimum Gasteiger partial charge on any atom is -0.494 e. The summed E-state index contributed by atoms with van der Waals surface area (Å²) in [4.78, 5) is 20.7. The average Bonchev–Trinajstić information content (AvgIpc) is 3.47. The van der Waals surface area contributed by atoms with Gasteiger partial charge in [-0.1, -0.05) is 0 Å². The molecule has 1 N–H and O–H groups in total. The van der Waals surface area contributed by atoms with Gasteiger partial charge in [-0.05, 0) is 57.0 Å². The predicted molar refractivity (Wildman–Crippen MR) is 93.6 cm³/mol. The Morgan fingerprint density at radius 1 is 1.24 bits per heavy atom. The van der Waals surface area contributed by atoms with Gasteiger partial charge < -0.3 is 14.8 Å². The van der Waals surface area contributed by atoms with Crippen molar-refractivity contribution >= 4 is 5.91 Å². The highest BCUT2D eigenvalue weighted by atomic mass is 16.5. The first-order valence-electron chi connectivity index (χ1n) is 8.63. The largest absolute Gasteiger partial charge is 0.494 e. The van der Waals surface area contributed by atoms with Gasteiger partial charge >= 0.3 is 0 Å². The molecule has 1 aromatic carbocycles. The van der Waals surface area contributed by atoms with E-state index in [2.05, 4.69) is 15.3 Å². The molecule has 1 aliphatic carbocycles. The van der Waals surface area contributed by atoms with E-state index in [1.54, 1.807) is 25.4 Å². The Hall–Kier alpha value is -2.63. The lowest BCUT2D eigenvalue weighted by Gasteiger charge is -2.15. The molecule has 3 rings (SSSR count). The SMILES string of the molecule is CCOc1ccc(OC(C)C(=O)NCc2cc(C3CC3)ncn2)cc1. The fourth-order valence-electron chi connectivity index (χ4n) is 2.47. The fraction of sp³-hybridized carbons (Fsp3) is 0.421. The van der Waals surface area contributed by atoms with Crippen molar-refractivity contribution in [3.05, 3.63) is 48.0 Å². The zero-order valence-corrected chi connectivity index (χ0v) is 14.6. The first-order valence-corrected chi connectivity index (χ1v) is 8.63. The van der Waals surface area contributed by atoms with E-state index in [0.717, 1.165) is 17.1 Å². The van der Waals surface area contributed by atoms with E-state index in [-0.39, 0.29) is 5.91 Å². The second kappa shape index (κ2) is 7.96. The maximum atomic E-state index is 12.2. The number of rotatable bonds is 8. The molecule has 1 aliphatic rings. The van der Waals surface area contributed by atoms with Gasteiger partial charge in [0.15, 0.2) is 6.10 Å². The summed E-state index contributed by atoms with van der Waals surface area (Å²) in [5.41, 5.74) is 1.89.